The second-order valence-corrected chi connectivity index (χ2v) is 5.86. The van der Waals surface area contributed by atoms with Crippen molar-refractivity contribution in [2.75, 3.05) is 20.3 Å². The second kappa shape index (κ2) is 7.49. The van der Waals surface area contributed by atoms with Gasteiger partial charge in [-0.1, -0.05) is 23.7 Å². The van der Waals surface area contributed by atoms with E-state index >= 15 is 0 Å². The summed E-state index contributed by atoms with van der Waals surface area (Å²) in [6.45, 7) is 2.54. The number of benzene rings is 2. The number of methoxy groups -OCH3 is 1. The summed E-state index contributed by atoms with van der Waals surface area (Å²) in [6, 6.07) is 12.7. The van der Waals surface area contributed by atoms with Crippen LogP contribution in [0.25, 0.3) is 11.0 Å². The maximum absolute atomic E-state index is 12.3. The molecule has 0 radical (unpaired) electrons. The van der Waals surface area contributed by atoms with Crippen molar-refractivity contribution in [3.05, 3.63) is 58.8 Å². The molecule has 1 amide bonds. The monoisotopic (exact) mass is 359 g/mol. The Balaban J connectivity index is 1.57. The number of carbonyl (C=O) groups excluding carboxylic acids is 1. The van der Waals surface area contributed by atoms with Gasteiger partial charge in [-0.05, 0) is 37.3 Å². The summed E-state index contributed by atoms with van der Waals surface area (Å²) in [5, 5.41) is 4.12. The predicted molar refractivity (Wildman–Crippen MR) is 96.8 cm³/mol. The fourth-order valence-corrected chi connectivity index (χ4v) is 2.72. The van der Waals surface area contributed by atoms with Gasteiger partial charge in [0, 0.05) is 10.9 Å². The average Bonchev–Trinajstić information content (AvgIpc) is 2.97. The van der Waals surface area contributed by atoms with Crippen molar-refractivity contribution in [1.82, 2.24) is 5.32 Å². The van der Waals surface area contributed by atoms with Gasteiger partial charge in [0.05, 0.1) is 18.7 Å². The van der Waals surface area contributed by atoms with Gasteiger partial charge in [0.1, 0.15) is 18.1 Å². The predicted octanol–water partition coefficient (Wildman–Crippen LogP) is 4.21. The molecule has 0 aliphatic rings. The number of nitrogens with one attached hydrogen (secondary N) is 1. The summed E-state index contributed by atoms with van der Waals surface area (Å²) in [5.41, 5.74) is 1.30. The highest BCUT2D eigenvalue weighted by Crippen LogP contribution is 2.30. The molecule has 130 valence electrons. The minimum absolute atomic E-state index is 0.271. The molecule has 0 saturated carbocycles. The van der Waals surface area contributed by atoms with E-state index in [1.54, 1.807) is 13.2 Å². The Kier molecular flexibility index (Phi) is 5.14. The molecule has 2 aromatic carbocycles. The molecule has 0 aliphatic heterocycles. The van der Waals surface area contributed by atoms with Crippen LogP contribution < -0.4 is 14.8 Å². The van der Waals surface area contributed by atoms with Gasteiger partial charge >= 0.3 is 0 Å². The molecular formula is C19H18ClNO4. The van der Waals surface area contributed by atoms with E-state index < -0.39 is 0 Å². The molecule has 0 aliphatic carbocycles. The van der Waals surface area contributed by atoms with E-state index in [4.69, 9.17) is 25.5 Å². The summed E-state index contributed by atoms with van der Waals surface area (Å²) < 4.78 is 16.3. The zero-order valence-corrected chi connectivity index (χ0v) is 14.7. The molecule has 3 aromatic rings. The van der Waals surface area contributed by atoms with Gasteiger partial charge in [0.15, 0.2) is 11.3 Å². The molecule has 0 saturated heterocycles. The Morgan fingerprint density at radius 3 is 2.56 bits per heavy atom. The van der Waals surface area contributed by atoms with Gasteiger partial charge < -0.3 is 19.2 Å². The van der Waals surface area contributed by atoms with E-state index in [0.717, 1.165) is 16.7 Å². The van der Waals surface area contributed by atoms with Crippen LogP contribution in [0.3, 0.4) is 0 Å². The van der Waals surface area contributed by atoms with Gasteiger partial charge in [-0.3, -0.25) is 4.79 Å². The molecular weight excluding hydrogens is 342 g/mol. The lowest BCUT2D eigenvalue weighted by molar-refractivity contribution is 0.0920. The zero-order valence-electron chi connectivity index (χ0n) is 14.0. The smallest absolute Gasteiger partial charge is 0.287 e. The molecule has 5 nitrogen and oxygen atoms in total. The third kappa shape index (κ3) is 3.72. The minimum Gasteiger partial charge on any atom is -0.497 e. The van der Waals surface area contributed by atoms with E-state index in [9.17, 15) is 4.79 Å². The van der Waals surface area contributed by atoms with Crippen molar-refractivity contribution in [2.24, 2.45) is 0 Å². The van der Waals surface area contributed by atoms with Crippen LogP contribution in [-0.4, -0.2) is 26.2 Å². The van der Waals surface area contributed by atoms with Crippen LogP contribution in [0, 0.1) is 6.92 Å². The molecule has 1 N–H and O–H groups in total. The van der Waals surface area contributed by atoms with Crippen molar-refractivity contribution >= 4 is 28.5 Å². The van der Waals surface area contributed by atoms with Gasteiger partial charge in [0.25, 0.3) is 5.91 Å². The highest BCUT2D eigenvalue weighted by Gasteiger charge is 2.18. The van der Waals surface area contributed by atoms with Crippen LogP contribution in [0.5, 0.6) is 11.5 Å². The average molecular weight is 360 g/mol. The van der Waals surface area contributed by atoms with Gasteiger partial charge in [-0.2, -0.15) is 0 Å². The minimum atomic E-state index is -0.289. The van der Waals surface area contributed by atoms with Crippen molar-refractivity contribution in [3.63, 3.8) is 0 Å². The fraction of sp³-hybridized carbons (Fsp3) is 0.211. The first-order valence-corrected chi connectivity index (χ1v) is 8.20. The molecule has 0 bridgehead atoms. The molecule has 1 heterocycles. The normalized spacial score (nSPS) is 10.7. The van der Waals surface area contributed by atoms with Crippen LogP contribution in [0.15, 0.2) is 46.9 Å². The van der Waals surface area contributed by atoms with E-state index in [1.807, 2.05) is 43.3 Å². The van der Waals surface area contributed by atoms with Crippen LogP contribution in [-0.2, 0) is 0 Å². The largest absolute Gasteiger partial charge is 0.497 e. The lowest BCUT2D eigenvalue weighted by Gasteiger charge is -2.08. The molecule has 0 fully saturated rings. The quantitative estimate of drug-likeness (QED) is 0.670. The molecule has 0 spiro atoms. The number of aryl methyl sites for hydroxylation is 1. The number of ether oxygens (including phenoxy) is 2. The van der Waals surface area contributed by atoms with E-state index in [1.165, 1.54) is 0 Å². The van der Waals surface area contributed by atoms with Crippen LogP contribution in [0.1, 0.15) is 16.1 Å². The molecule has 0 atom stereocenters. The third-order valence-electron chi connectivity index (χ3n) is 3.84. The number of para-hydroxylation sites is 1. The van der Waals surface area contributed by atoms with Crippen molar-refractivity contribution in [3.8, 4) is 11.5 Å². The topological polar surface area (TPSA) is 60.7 Å². The Labute approximate surface area is 150 Å². The molecule has 6 heteroatoms. The van der Waals surface area contributed by atoms with E-state index in [0.29, 0.717) is 29.5 Å². The second-order valence-electron chi connectivity index (χ2n) is 5.45. The Morgan fingerprint density at radius 2 is 1.88 bits per heavy atom. The lowest BCUT2D eigenvalue weighted by Crippen LogP contribution is -2.28. The van der Waals surface area contributed by atoms with Crippen molar-refractivity contribution in [1.29, 1.82) is 0 Å². The third-order valence-corrected chi connectivity index (χ3v) is 4.14. The highest BCUT2D eigenvalue weighted by molar-refractivity contribution is 6.35. The summed E-state index contributed by atoms with van der Waals surface area (Å²) >= 11 is 6.11. The maximum atomic E-state index is 12.3. The summed E-state index contributed by atoms with van der Waals surface area (Å²) in [4.78, 5) is 12.3. The zero-order chi connectivity index (χ0) is 17.8. The Bertz CT molecular complexity index is 886. The van der Waals surface area contributed by atoms with E-state index in [2.05, 4.69) is 5.32 Å². The first-order chi connectivity index (χ1) is 12.1. The number of carbonyl (C=O) groups is 1. The SMILES string of the molecule is COc1ccc(OCCNC(=O)c2oc3c(Cl)cccc3c2C)cc1. The number of halogens is 1. The summed E-state index contributed by atoms with van der Waals surface area (Å²) in [5.74, 6) is 1.46. The standard InChI is InChI=1S/C19H18ClNO4/c1-12-15-4-3-5-16(20)18(15)25-17(12)19(22)21-10-11-24-14-8-6-13(23-2)7-9-14/h3-9H,10-11H2,1-2H3,(H,21,22). The van der Waals surface area contributed by atoms with Gasteiger partial charge in [-0.25, -0.2) is 0 Å². The summed E-state index contributed by atoms with van der Waals surface area (Å²) in [6.07, 6.45) is 0. The first-order valence-electron chi connectivity index (χ1n) is 7.83. The van der Waals surface area contributed by atoms with Crippen LogP contribution in [0.4, 0.5) is 0 Å². The number of fused-ring (bicyclic) bond motifs is 1. The van der Waals surface area contributed by atoms with Crippen LogP contribution in [0.2, 0.25) is 5.02 Å². The summed E-state index contributed by atoms with van der Waals surface area (Å²) in [7, 11) is 1.61. The molecule has 3 rings (SSSR count). The number of furan rings is 1. The van der Waals surface area contributed by atoms with Gasteiger partial charge in [0.2, 0.25) is 0 Å². The Morgan fingerprint density at radius 1 is 1.16 bits per heavy atom. The molecule has 1 aromatic heterocycles. The number of amides is 1. The molecule has 25 heavy (non-hydrogen) atoms. The number of rotatable bonds is 6. The first kappa shape index (κ1) is 17.2. The van der Waals surface area contributed by atoms with Crippen molar-refractivity contribution in [2.45, 2.75) is 6.92 Å². The Hall–Kier alpha value is -2.66. The fourth-order valence-electron chi connectivity index (χ4n) is 2.51. The van der Waals surface area contributed by atoms with Gasteiger partial charge in [-0.15, -0.1) is 0 Å². The van der Waals surface area contributed by atoms with Crippen LogP contribution >= 0.6 is 11.6 Å². The lowest BCUT2D eigenvalue weighted by atomic mass is 10.1. The number of hydrogen-bond donors (Lipinski definition) is 1. The van der Waals surface area contributed by atoms with E-state index in [-0.39, 0.29) is 11.7 Å². The molecule has 0 unspecified atom stereocenters. The highest BCUT2D eigenvalue weighted by atomic mass is 35.5. The maximum Gasteiger partial charge on any atom is 0.287 e. The number of hydrogen-bond acceptors (Lipinski definition) is 4. The van der Waals surface area contributed by atoms with Crippen molar-refractivity contribution < 1.29 is 18.7 Å².